The molecule has 0 spiro atoms. The molecule has 0 aliphatic carbocycles. The fourth-order valence-corrected chi connectivity index (χ4v) is 3.98. The van der Waals surface area contributed by atoms with Crippen LogP contribution in [-0.4, -0.2) is 30.9 Å². The minimum Gasteiger partial charge on any atom is -0.344 e. The Morgan fingerprint density at radius 1 is 1.15 bits per heavy atom. The van der Waals surface area contributed by atoms with Gasteiger partial charge in [0, 0.05) is 30.0 Å². The predicted molar refractivity (Wildman–Crippen MR) is 109 cm³/mol. The smallest absolute Gasteiger partial charge is 0.191 e. The van der Waals surface area contributed by atoms with Crippen LogP contribution in [0.1, 0.15) is 33.1 Å². The second-order valence-corrected chi connectivity index (χ2v) is 7.44. The standard InChI is InChI=1S/C21H24N4OS/c1-5-11-24-17(4)22-23-21(24)27-14-20(26)19-12-15(2)25(16(19)3)13-18-9-7-6-8-10-18/h5-10,12H,1,11,13-14H2,2-4H3. The van der Waals surface area contributed by atoms with Crippen LogP contribution in [0.4, 0.5) is 0 Å². The Bertz CT molecular complexity index is 956. The number of nitrogens with zero attached hydrogens (tertiary/aromatic N) is 4. The Labute approximate surface area is 164 Å². The molecule has 2 heterocycles. The Morgan fingerprint density at radius 3 is 2.59 bits per heavy atom. The third-order valence-corrected chi connectivity index (χ3v) is 5.57. The maximum Gasteiger partial charge on any atom is 0.191 e. The van der Waals surface area contributed by atoms with Gasteiger partial charge in [0.15, 0.2) is 10.9 Å². The van der Waals surface area contributed by atoms with Crippen LogP contribution in [0.3, 0.4) is 0 Å². The summed E-state index contributed by atoms with van der Waals surface area (Å²) >= 11 is 1.42. The summed E-state index contributed by atoms with van der Waals surface area (Å²) in [7, 11) is 0. The molecule has 3 rings (SSSR count). The Kier molecular flexibility index (Phi) is 5.96. The zero-order valence-electron chi connectivity index (χ0n) is 16.0. The van der Waals surface area contributed by atoms with Gasteiger partial charge in [0.1, 0.15) is 5.82 Å². The maximum absolute atomic E-state index is 12.8. The molecule has 0 aliphatic heterocycles. The van der Waals surface area contributed by atoms with Crippen LogP contribution in [0.2, 0.25) is 0 Å². The van der Waals surface area contributed by atoms with Gasteiger partial charge in [-0.2, -0.15) is 0 Å². The molecule has 0 bridgehead atoms. The van der Waals surface area contributed by atoms with Crippen molar-refractivity contribution in [1.29, 1.82) is 0 Å². The first-order valence-electron chi connectivity index (χ1n) is 8.88. The van der Waals surface area contributed by atoms with Crippen molar-refractivity contribution < 1.29 is 4.79 Å². The second-order valence-electron chi connectivity index (χ2n) is 6.50. The molecule has 3 aromatic rings. The van der Waals surface area contributed by atoms with Crippen molar-refractivity contribution in [2.24, 2.45) is 0 Å². The Morgan fingerprint density at radius 2 is 1.89 bits per heavy atom. The average Bonchev–Trinajstić information content (AvgIpc) is 3.15. The van der Waals surface area contributed by atoms with Crippen molar-refractivity contribution in [1.82, 2.24) is 19.3 Å². The van der Waals surface area contributed by atoms with E-state index in [1.165, 1.54) is 17.3 Å². The molecule has 140 valence electrons. The van der Waals surface area contributed by atoms with Gasteiger partial charge in [0.2, 0.25) is 0 Å². The van der Waals surface area contributed by atoms with E-state index in [0.29, 0.717) is 12.3 Å². The van der Waals surface area contributed by atoms with Gasteiger partial charge in [-0.1, -0.05) is 48.2 Å². The molecule has 0 aliphatic rings. The highest BCUT2D eigenvalue weighted by molar-refractivity contribution is 7.99. The van der Waals surface area contributed by atoms with Gasteiger partial charge in [-0.05, 0) is 32.4 Å². The van der Waals surface area contributed by atoms with Crippen LogP contribution in [0.5, 0.6) is 0 Å². The van der Waals surface area contributed by atoms with Crippen LogP contribution in [0.25, 0.3) is 0 Å². The molecular formula is C21H24N4OS. The summed E-state index contributed by atoms with van der Waals surface area (Å²) in [6.07, 6.45) is 1.81. The molecule has 0 saturated heterocycles. The molecule has 0 radical (unpaired) electrons. The number of rotatable bonds is 8. The summed E-state index contributed by atoms with van der Waals surface area (Å²) in [5.41, 5.74) is 4.10. The normalized spacial score (nSPS) is 10.9. The molecule has 1 aromatic carbocycles. The summed E-state index contributed by atoms with van der Waals surface area (Å²) in [5.74, 6) is 1.27. The largest absolute Gasteiger partial charge is 0.344 e. The highest BCUT2D eigenvalue weighted by atomic mass is 32.2. The molecular weight excluding hydrogens is 356 g/mol. The van der Waals surface area contributed by atoms with Crippen LogP contribution in [0, 0.1) is 20.8 Å². The van der Waals surface area contributed by atoms with E-state index in [1.807, 2.05) is 49.6 Å². The number of ketones is 1. The van der Waals surface area contributed by atoms with E-state index in [4.69, 9.17) is 0 Å². The van der Waals surface area contributed by atoms with E-state index in [-0.39, 0.29) is 5.78 Å². The molecule has 27 heavy (non-hydrogen) atoms. The number of allylic oxidation sites excluding steroid dienone is 1. The lowest BCUT2D eigenvalue weighted by atomic mass is 10.2. The number of hydrogen-bond donors (Lipinski definition) is 0. The molecule has 6 heteroatoms. The zero-order valence-corrected chi connectivity index (χ0v) is 16.8. The van der Waals surface area contributed by atoms with E-state index in [9.17, 15) is 4.79 Å². The van der Waals surface area contributed by atoms with E-state index in [0.717, 1.165) is 34.5 Å². The summed E-state index contributed by atoms with van der Waals surface area (Å²) < 4.78 is 4.15. The van der Waals surface area contributed by atoms with Crippen LogP contribution < -0.4 is 0 Å². The van der Waals surface area contributed by atoms with Gasteiger partial charge < -0.3 is 9.13 Å². The molecule has 2 aromatic heterocycles. The van der Waals surface area contributed by atoms with Gasteiger partial charge >= 0.3 is 0 Å². The molecule has 0 N–H and O–H groups in total. The Balaban J connectivity index is 1.74. The van der Waals surface area contributed by atoms with Gasteiger partial charge in [0.05, 0.1) is 5.75 Å². The summed E-state index contributed by atoms with van der Waals surface area (Å²) in [6.45, 7) is 11.1. The number of benzene rings is 1. The van der Waals surface area contributed by atoms with Crippen molar-refractivity contribution in [2.45, 2.75) is 39.0 Å². The van der Waals surface area contributed by atoms with Crippen LogP contribution in [-0.2, 0) is 13.1 Å². The third-order valence-electron chi connectivity index (χ3n) is 4.60. The van der Waals surface area contributed by atoms with Crippen LogP contribution >= 0.6 is 11.8 Å². The van der Waals surface area contributed by atoms with Gasteiger partial charge in [-0.3, -0.25) is 4.79 Å². The fraction of sp³-hybridized carbons (Fsp3) is 0.286. The minimum absolute atomic E-state index is 0.109. The zero-order chi connectivity index (χ0) is 19.4. The van der Waals surface area contributed by atoms with Gasteiger partial charge in [0.25, 0.3) is 0 Å². The maximum atomic E-state index is 12.8. The third kappa shape index (κ3) is 4.22. The number of aromatic nitrogens is 4. The highest BCUT2D eigenvalue weighted by Gasteiger charge is 2.18. The molecule has 0 fully saturated rings. The summed E-state index contributed by atoms with van der Waals surface area (Å²) in [4.78, 5) is 12.8. The van der Waals surface area contributed by atoms with E-state index in [1.54, 1.807) is 6.08 Å². The SMILES string of the molecule is C=CCn1c(C)nnc1SCC(=O)c1cc(C)n(Cc2ccccc2)c1C. The number of thioether (sulfide) groups is 1. The average molecular weight is 381 g/mol. The monoisotopic (exact) mass is 380 g/mol. The van der Waals surface area contributed by atoms with Gasteiger partial charge in [-0.25, -0.2) is 0 Å². The van der Waals surface area contributed by atoms with Crippen molar-refractivity contribution in [3.8, 4) is 0 Å². The first-order valence-corrected chi connectivity index (χ1v) is 9.87. The van der Waals surface area contributed by atoms with E-state index < -0.39 is 0 Å². The number of carbonyl (C=O) groups excluding carboxylic acids is 1. The first-order chi connectivity index (χ1) is 13.0. The summed E-state index contributed by atoms with van der Waals surface area (Å²) in [5, 5.41) is 9.02. The lowest BCUT2D eigenvalue weighted by molar-refractivity contribution is 0.102. The first kappa shape index (κ1) is 19.2. The molecule has 5 nitrogen and oxygen atoms in total. The minimum atomic E-state index is 0.109. The Hall–Kier alpha value is -2.60. The fourth-order valence-electron chi connectivity index (χ4n) is 3.11. The van der Waals surface area contributed by atoms with Crippen molar-refractivity contribution in [3.63, 3.8) is 0 Å². The molecule has 0 atom stereocenters. The lowest BCUT2D eigenvalue weighted by Gasteiger charge is -2.10. The quantitative estimate of drug-likeness (QED) is 0.334. The molecule has 0 saturated carbocycles. The van der Waals surface area contributed by atoms with Crippen molar-refractivity contribution in [3.05, 3.63) is 77.4 Å². The topological polar surface area (TPSA) is 52.7 Å². The lowest BCUT2D eigenvalue weighted by Crippen LogP contribution is -2.08. The second kappa shape index (κ2) is 8.39. The van der Waals surface area contributed by atoms with Crippen molar-refractivity contribution in [2.75, 3.05) is 5.75 Å². The predicted octanol–water partition coefficient (Wildman–Crippen LogP) is 4.21. The van der Waals surface area contributed by atoms with Crippen molar-refractivity contribution >= 4 is 17.5 Å². The number of Topliss-reactive ketones (excluding diaryl/α,β-unsaturated/α-hetero) is 1. The van der Waals surface area contributed by atoms with Crippen LogP contribution in [0.15, 0.2) is 54.2 Å². The van der Waals surface area contributed by atoms with E-state index >= 15 is 0 Å². The molecule has 0 unspecified atom stereocenters. The highest BCUT2D eigenvalue weighted by Crippen LogP contribution is 2.22. The van der Waals surface area contributed by atoms with E-state index in [2.05, 4.69) is 33.5 Å². The molecule has 0 amide bonds. The number of carbonyl (C=O) groups is 1. The summed E-state index contributed by atoms with van der Waals surface area (Å²) in [6, 6.07) is 12.3. The number of aryl methyl sites for hydroxylation is 2. The van der Waals surface area contributed by atoms with Gasteiger partial charge in [-0.15, -0.1) is 16.8 Å². The number of hydrogen-bond acceptors (Lipinski definition) is 4.